The van der Waals surface area contributed by atoms with Gasteiger partial charge in [-0.25, -0.2) is 9.78 Å². The number of carboxylic acids is 1. The van der Waals surface area contributed by atoms with Crippen LogP contribution >= 0.6 is 0 Å². The molecule has 0 aliphatic carbocycles. The number of nitrogens with one attached hydrogen (secondary N) is 1. The molecule has 7 nitrogen and oxygen atoms in total. The van der Waals surface area contributed by atoms with Crippen molar-refractivity contribution >= 4 is 17.8 Å². The summed E-state index contributed by atoms with van der Waals surface area (Å²) < 4.78 is 0. The number of carbonyl (C=O) groups is 3. The summed E-state index contributed by atoms with van der Waals surface area (Å²) >= 11 is 0. The number of nitrogens with zero attached hydrogens (tertiary/aromatic N) is 2. The number of H-pyrrole nitrogens is 1. The van der Waals surface area contributed by atoms with E-state index in [2.05, 4.69) is 9.97 Å². The van der Waals surface area contributed by atoms with E-state index in [1.54, 1.807) is 0 Å². The molecule has 2 rings (SSSR count). The van der Waals surface area contributed by atoms with Crippen LogP contribution in [-0.2, 0) is 16.0 Å². The Morgan fingerprint density at radius 3 is 2.67 bits per heavy atom. The van der Waals surface area contributed by atoms with E-state index in [-0.39, 0.29) is 30.5 Å². The molecule has 1 saturated heterocycles. The minimum absolute atomic E-state index is 0.0630. The normalized spacial score (nSPS) is 16.1. The van der Waals surface area contributed by atoms with Gasteiger partial charge >= 0.3 is 5.97 Å². The highest BCUT2D eigenvalue weighted by molar-refractivity contribution is 5.97. The third kappa shape index (κ3) is 2.39. The summed E-state index contributed by atoms with van der Waals surface area (Å²) in [4.78, 5) is 41.5. The van der Waals surface area contributed by atoms with Crippen LogP contribution in [0, 0.1) is 0 Å². The van der Waals surface area contributed by atoms with E-state index < -0.39 is 5.97 Å². The number of hydrogen-bond acceptors (Lipinski definition) is 4. The fraction of sp³-hybridized carbons (Fsp3) is 0.455. The van der Waals surface area contributed by atoms with Gasteiger partial charge in [0.05, 0.1) is 12.0 Å². The molecule has 0 aromatic carbocycles. The number of hydrogen-bond donors (Lipinski definition) is 2. The average Bonchev–Trinajstić information content (AvgIpc) is 2.76. The minimum atomic E-state index is -1.12. The molecule has 1 fully saturated rings. The SMILES string of the molecule is O=C(O)c1nc[nH]c1CCN1C(=O)CCCC1=O. The van der Waals surface area contributed by atoms with Crippen LogP contribution < -0.4 is 0 Å². The van der Waals surface area contributed by atoms with Crippen molar-refractivity contribution in [2.45, 2.75) is 25.7 Å². The Kier molecular flexibility index (Phi) is 3.40. The Hall–Kier alpha value is -2.18. The van der Waals surface area contributed by atoms with Crippen LogP contribution in [0.2, 0.25) is 0 Å². The van der Waals surface area contributed by atoms with Gasteiger partial charge in [0.2, 0.25) is 11.8 Å². The number of likely N-dealkylation sites (tertiary alicyclic amines) is 1. The summed E-state index contributed by atoms with van der Waals surface area (Å²) in [6.45, 7) is 0.195. The minimum Gasteiger partial charge on any atom is -0.476 e. The zero-order chi connectivity index (χ0) is 13.1. The van der Waals surface area contributed by atoms with Crippen molar-refractivity contribution in [1.82, 2.24) is 14.9 Å². The van der Waals surface area contributed by atoms with Gasteiger partial charge in [-0.3, -0.25) is 14.5 Å². The number of rotatable bonds is 4. The number of piperidine rings is 1. The highest BCUT2D eigenvalue weighted by Gasteiger charge is 2.26. The van der Waals surface area contributed by atoms with Gasteiger partial charge < -0.3 is 10.1 Å². The molecule has 2 N–H and O–H groups in total. The zero-order valence-electron chi connectivity index (χ0n) is 9.68. The molecule has 0 saturated carbocycles. The van der Waals surface area contributed by atoms with E-state index in [0.29, 0.717) is 25.0 Å². The lowest BCUT2D eigenvalue weighted by atomic mass is 10.1. The standard InChI is InChI=1S/C11H13N3O4/c15-8-2-1-3-9(16)14(8)5-4-7-10(11(17)18)13-6-12-7/h6H,1-5H2,(H,12,13)(H,17,18). The second kappa shape index (κ2) is 4.99. The summed E-state index contributed by atoms with van der Waals surface area (Å²) in [5.41, 5.74) is 0.362. The van der Waals surface area contributed by atoms with Gasteiger partial charge in [0.25, 0.3) is 0 Å². The van der Waals surface area contributed by atoms with Gasteiger partial charge in [-0.05, 0) is 6.42 Å². The maximum atomic E-state index is 11.5. The zero-order valence-corrected chi connectivity index (χ0v) is 9.68. The highest BCUT2D eigenvalue weighted by Crippen LogP contribution is 2.13. The third-order valence-corrected chi connectivity index (χ3v) is 2.89. The van der Waals surface area contributed by atoms with E-state index in [4.69, 9.17) is 5.11 Å². The summed E-state index contributed by atoms with van der Waals surface area (Å²) in [6.07, 6.45) is 2.91. The average molecular weight is 251 g/mol. The third-order valence-electron chi connectivity index (χ3n) is 2.89. The molecule has 1 aliphatic heterocycles. The van der Waals surface area contributed by atoms with Crippen LogP contribution in [0.25, 0.3) is 0 Å². The molecular formula is C11H13N3O4. The first kappa shape index (κ1) is 12.3. The van der Waals surface area contributed by atoms with Gasteiger partial charge in [-0.2, -0.15) is 0 Å². The highest BCUT2D eigenvalue weighted by atomic mass is 16.4. The lowest BCUT2D eigenvalue weighted by Crippen LogP contribution is -2.41. The monoisotopic (exact) mass is 251 g/mol. The molecule has 1 aromatic heterocycles. The first-order valence-corrected chi connectivity index (χ1v) is 5.68. The lowest BCUT2D eigenvalue weighted by molar-refractivity contribution is -0.147. The number of imide groups is 1. The maximum absolute atomic E-state index is 11.5. The van der Waals surface area contributed by atoms with E-state index in [1.807, 2.05) is 0 Å². The van der Waals surface area contributed by atoms with Crippen LogP contribution in [0.4, 0.5) is 0 Å². The van der Waals surface area contributed by atoms with Crippen LogP contribution in [-0.4, -0.2) is 44.3 Å². The molecule has 2 amide bonds. The Labute approximate surface area is 103 Å². The molecule has 0 spiro atoms. The van der Waals surface area contributed by atoms with Gasteiger partial charge in [0, 0.05) is 25.8 Å². The predicted molar refractivity (Wildman–Crippen MR) is 59.8 cm³/mol. The second-order valence-corrected chi connectivity index (χ2v) is 4.08. The Bertz CT molecular complexity index is 478. The number of aromatic amines is 1. The van der Waals surface area contributed by atoms with Crippen LogP contribution in [0.3, 0.4) is 0 Å². The van der Waals surface area contributed by atoms with Gasteiger partial charge in [0.15, 0.2) is 5.69 Å². The molecular weight excluding hydrogens is 238 g/mol. The molecule has 1 aromatic rings. The Balaban J connectivity index is 2.02. The van der Waals surface area contributed by atoms with Crippen molar-refractivity contribution in [2.24, 2.45) is 0 Å². The van der Waals surface area contributed by atoms with Crippen LogP contribution in [0.5, 0.6) is 0 Å². The summed E-state index contributed by atoms with van der Waals surface area (Å²) in [5, 5.41) is 8.87. The molecule has 1 aliphatic rings. The molecule has 18 heavy (non-hydrogen) atoms. The topological polar surface area (TPSA) is 103 Å². The summed E-state index contributed by atoms with van der Waals surface area (Å²) in [5.74, 6) is -1.51. The van der Waals surface area contributed by atoms with Gasteiger partial charge in [-0.1, -0.05) is 0 Å². The van der Waals surface area contributed by atoms with E-state index in [0.717, 1.165) is 0 Å². The van der Waals surface area contributed by atoms with Crippen LogP contribution in [0.15, 0.2) is 6.33 Å². The summed E-state index contributed by atoms with van der Waals surface area (Å²) in [6, 6.07) is 0. The molecule has 0 unspecified atom stereocenters. The van der Waals surface area contributed by atoms with Gasteiger partial charge in [-0.15, -0.1) is 0 Å². The maximum Gasteiger partial charge on any atom is 0.356 e. The smallest absolute Gasteiger partial charge is 0.356 e. The fourth-order valence-electron chi connectivity index (χ4n) is 1.97. The predicted octanol–water partition coefficient (Wildman–Crippen LogP) is 0.189. The van der Waals surface area contributed by atoms with Crippen molar-refractivity contribution in [3.63, 3.8) is 0 Å². The van der Waals surface area contributed by atoms with Crippen molar-refractivity contribution in [1.29, 1.82) is 0 Å². The second-order valence-electron chi connectivity index (χ2n) is 4.08. The van der Waals surface area contributed by atoms with E-state index >= 15 is 0 Å². The number of amides is 2. The Morgan fingerprint density at radius 2 is 2.06 bits per heavy atom. The summed E-state index contributed by atoms with van der Waals surface area (Å²) in [7, 11) is 0. The number of aromatic carboxylic acids is 1. The number of aromatic nitrogens is 2. The molecule has 0 bridgehead atoms. The first-order valence-electron chi connectivity index (χ1n) is 5.68. The van der Waals surface area contributed by atoms with Crippen molar-refractivity contribution in [3.8, 4) is 0 Å². The quantitative estimate of drug-likeness (QED) is 0.743. The van der Waals surface area contributed by atoms with Gasteiger partial charge in [0.1, 0.15) is 0 Å². The molecule has 7 heteroatoms. The number of carbonyl (C=O) groups excluding carboxylic acids is 2. The van der Waals surface area contributed by atoms with E-state index in [9.17, 15) is 14.4 Å². The Morgan fingerprint density at radius 1 is 1.39 bits per heavy atom. The lowest BCUT2D eigenvalue weighted by Gasteiger charge is -2.24. The van der Waals surface area contributed by atoms with Crippen molar-refractivity contribution < 1.29 is 19.5 Å². The molecule has 0 radical (unpaired) electrons. The number of imidazole rings is 1. The molecule has 96 valence electrons. The van der Waals surface area contributed by atoms with Crippen LogP contribution in [0.1, 0.15) is 35.4 Å². The van der Waals surface area contributed by atoms with Crippen molar-refractivity contribution in [3.05, 3.63) is 17.7 Å². The van der Waals surface area contributed by atoms with E-state index in [1.165, 1.54) is 11.2 Å². The van der Waals surface area contributed by atoms with Crippen molar-refractivity contribution in [2.75, 3.05) is 6.54 Å². The number of carboxylic acid groups (broad SMARTS) is 1. The molecule has 0 atom stereocenters. The fourth-order valence-corrected chi connectivity index (χ4v) is 1.97. The largest absolute Gasteiger partial charge is 0.476 e. The molecule has 2 heterocycles. The first-order chi connectivity index (χ1) is 8.59.